The minimum atomic E-state index is -0.955. The molecule has 0 aromatic carbocycles. The molecule has 302 valence electrons. The summed E-state index contributed by atoms with van der Waals surface area (Å²) in [6, 6.07) is 0. The van der Waals surface area contributed by atoms with E-state index in [4.69, 9.17) is 20.1 Å². The standard InChI is InChI=1S/C25H50O4.C20H36O2/c1-2-3-4-5-6-7-8-9-10-11-12-13-14-15-16-17-18-19-20-21-25(28)29-23-24(27)22-26;1-2-3-4-5-6-7-8-9-10-11-12-13-14-15-16-17-18-19-20(21)22/h24,26-27H,2-23H2,1H3;16-19H,2-15H2,1H3,(H,21,22). The van der Waals surface area contributed by atoms with Gasteiger partial charge in [0, 0.05) is 12.5 Å². The van der Waals surface area contributed by atoms with Crippen molar-refractivity contribution in [1.82, 2.24) is 0 Å². The third kappa shape index (κ3) is 50.5. The fraction of sp³-hybridized carbons (Fsp3) is 0.867. The lowest BCUT2D eigenvalue weighted by atomic mass is 10.0. The minimum Gasteiger partial charge on any atom is -0.478 e. The minimum absolute atomic E-state index is 0.103. The van der Waals surface area contributed by atoms with Gasteiger partial charge in [-0.3, -0.25) is 4.79 Å². The van der Waals surface area contributed by atoms with E-state index in [1.807, 2.05) is 6.08 Å². The molecule has 1 unspecified atom stereocenters. The van der Waals surface area contributed by atoms with Gasteiger partial charge in [0.2, 0.25) is 0 Å². The number of aliphatic carboxylic acids is 1. The number of ether oxygens (including phenoxy) is 1. The molecular weight excluding hydrogens is 636 g/mol. The van der Waals surface area contributed by atoms with Crippen molar-refractivity contribution in [3.05, 3.63) is 24.3 Å². The number of carboxylic acid groups (broad SMARTS) is 1. The summed E-state index contributed by atoms with van der Waals surface area (Å²) in [5.74, 6) is -1.16. The van der Waals surface area contributed by atoms with Crippen LogP contribution in [0.2, 0.25) is 0 Å². The summed E-state index contributed by atoms with van der Waals surface area (Å²) in [5, 5.41) is 26.2. The lowest BCUT2D eigenvalue weighted by Crippen LogP contribution is -2.21. The van der Waals surface area contributed by atoms with Crippen LogP contribution in [0.3, 0.4) is 0 Å². The van der Waals surface area contributed by atoms with Crippen molar-refractivity contribution in [1.29, 1.82) is 0 Å². The van der Waals surface area contributed by atoms with Crippen molar-refractivity contribution in [2.45, 2.75) is 238 Å². The number of esters is 1. The fourth-order valence-corrected chi connectivity index (χ4v) is 6.25. The van der Waals surface area contributed by atoms with Crippen molar-refractivity contribution < 1.29 is 29.6 Å². The zero-order valence-electron chi connectivity index (χ0n) is 33.9. The summed E-state index contributed by atoms with van der Waals surface area (Å²) in [7, 11) is 0. The fourth-order valence-electron chi connectivity index (χ4n) is 6.25. The third-order valence-electron chi connectivity index (χ3n) is 9.59. The molecule has 0 heterocycles. The Morgan fingerprint density at radius 3 is 1.18 bits per heavy atom. The van der Waals surface area contributed by atoms with E-state index in [0.717, 1.165) is 19.3 Å². The first-order chi connectivity index (χ1) is 25.0. The highest BCUT2D eigenvalue weighted by atomic mass is 16.5. The quantitative estimate of drug-likeness (QED) is 0.0252. The number of unbranched alkanes of at least 4 members (excludes halogenated alkanes) is 31. The SMILES string of the molecule is CCCCCCCCCCCCCCCC=CC=CC(=O)O.CCCCCCCCCCCCCCCCCCCCCC(=O)OCC(O)CO. The van der Waals surface area contributed by atoms with Crippen LogP contribution in [-0.4, -0.2) is 46.6 Å². The zero-order chi connectivity index (χ0) is 37.7. The molecule has 0 fully saturated rings. The Hall–Kier alpha value is -1.66. The second-order valence-corrected chi connectivity index (χ2v) is 14.8. The Bertz CT molecular complexity index is 749. The molecule has 0 saturated carbocycles. The van der Waals surface area contributed by atoms with Crippen LogP contribution in [-0.2, 0) is 14.3 Å². The number of hydrogen-bond donors (Lipinski definition) is 3. The smallest absolute Gasteiger partial charge is 0.328 e. The van der Waals surface area contributed by atoms with E-state index in [2.05, 4.69) is 19.9 Å². The molecule has 1 atom stereocenters. The highest BCUT2D eigenvalue weighted by Crippen LogP contribution is 2.16. The summed E-state index contributed by atoms with van der Waals surface area (Å²) in [6.07, 6.45) is 50.5. The van der Waals surface area contributed by atoms with Crippen LogP contribution >= 0.6 is 0 Å². The van der Waals surface area contributed by atoms with E-state index in [9.17, 15) is 9.59 Å². The normalized spacial score (nSPS) is 12.0. The van der Waals surface area contributed by atoms with Gasteiger partial charge in [0.15, 0.2) is 0 Å². The first-order valence-electron chi connectivity index (χ1n) is 22.0. The Balaban J connectivity index is 0. The lowest BCUT2D eigenvalue weighted by Gasteiger charge is -2.08. The van der Waals surface area contributed by atoms with Crippen LogP contribution in [0.1, 0.15) is 232 Å². The van der Waals surface area contributed by atoms with E-state index >= 15 is 0 Å². The van der Waals surface area contributed by atoms with Gasteiger partial charge in [0.05, 0.1) is 6.61 Å². The molecule has 0 aromatic rings. The van der Waals surface area contributed by atoms with Gasteiger partial charge in [0.25, 0.3) is 0 Å². The summed E-state index contributed by atoms with van der Waals surface area (Å²) in [4.78, 5) is 21.7. The molecular formula is C45H86O6. The van der Waals surface area contributed by atoms with Crippen molar-refractivity contribution in [3.8, 4) is 0 Å². The molecule has 0 bridgehead atoms. The Kier molecular flexibility index (Phi) is 46.8. The van der Waals surface area contributed by atoms with Crippen molar-refractivity contribution >= 4 is 11.9 Å². The summed E-state index contributed by atoms with van der Waals surface area (Å²) >= 11 is 0. The molecule has 3 N–H and O–H groups in total. The van der Waals surface area contributed by atoms with Crippen molar-refractivity contribution in [2.75, 3.05) is 13.2 Å². The molecule has 0 aliphatic heterocycles. The number of aliphatic hydroxyl groups excluding tert-OH is 2. The molecule has 0 aromatic heterocycles. The zero-order valence-corrected chi connectivity index (χ0v) is 33.9. The third-order valence-corrected chi connectivity index (χ3v) is 9.59. The first-order valence-corrected chi connectivity index (χ1v) is 22.0. The van der Waals surface area contributed by atoms with Gasteiger partial charge in [-0.25, -0.2) is 4.79 Å². The van der Waals surface area contributed by atoms with Crippen LogP contribution in [0.4, 0.5) is 0 Å². The maximum Gasteiger partial charge on any atom is 0.328 e. The summed E-state index contributed by atoms with van der Waals surface area (Å²) in [5.41, 5.74) is 0. The Morgan fingerprint density at radius 2 is 0.843 bits per heavy atom. The van der Waals surface area contributed by atoms with Gasteiger partial charge in [-0.1, -0.05) is 225 Å². The maximum atomic E-state index is 11.4. The van der Waals surface area contributed by atoms with E-state index in [0.29, 0.717) is 6.42 Å². The molecule has 0 spiro atoms. The monoisotopic (exact) mass is 723 g/mol. The second kappa shape index (κ2) is 46.4. The first kappa shape index (κ1) is 51.4. The van der Waals surface area contributed by atoms with Gasteiger partial charge in [-0.2, -0.15) is 0 Å². The molecule has 0 rings (SSSR count). The number of carbonyl (C=O) groups excluding carboxylic acids is 1. The van der Waals surface area contributed by atoms with E-state index in [1.165, 1.54) is 199 Å². The average molecular weight is 723 g/mol. The van der Waals surface area contributed by atoms with Gasteiger partial charge in [0.1, 0.15) is 12.7 Å². The van der Waals surface area contributed by atoms with Crippen LogP contribution in [0.5, 0.6) is 0 Å². The largest absolute Gasteiger partial charge is 0.478 e. The molecule has 0 aliphatic rings. The highest BCUT2D eigenvalue weighted by molar-refractivity contribution is 5.80. The Morgan fingerprint density at radius 1 is 0.510 bits per heavy atom. The maximum absolute atomic E-state index is 11.4. The van der Waals surface area contributed by atoms with Crippen LogP contribution in [0.15, 0.2) is 24.3 Å². The molecule has 0 saturated heterocycles. The van der Waals surface area contributed by atoms with Gasteiger partial charge in [-0.15, -0.1) is 0 Å². The van der Waals surface area contributed by atoms with Crippen molar-refractivity contribution in [3.63, 3.8) is 0 Å². The van der Waals surface area contributed by atoms with Gasteiger partial charge >= 0.3 is 11.9 Å². The number of allylic oxidation sites excluding steroid dienone is 3. The van der Waals surface area contributed by atoms with E-state index < -0.39 is 12.1 Å². The molecule has 0 radical (unpaired) electrons. The number of carboxylic acids is 1. The highest BCUT2D eigenvalue weighted by Gasteiger charge is 2.07. The summed E-state index contributed by atoms with van der Waals surface area (Å²) in [6.45, 7) is 4.08. The van der Waals surface area contributed by atoms with Crippen LogP contribution < -0.4 is 0 Å². The predicted molar refractivity (Wildman–Crippen MR) is 218 cm³/mol. The van der Waals surface area contributed by atoms with Gasteiger partial charge < -0.3 is 20.1 Å². The predicted octanol–water partition coefficient (Wildman–Crippen LogP) is 13.4. The molecule has 0 aliphatic carbocycles. The summed E-state index contributed by atoms with van der Waals surface area (Å²) < 4.78 is 4.88. The number of rotatable bonds is 39. The molecule has 0 amide bonds. The topological polar surface area (TPSA) is 104 Å². The van der Waals surface area contributed by atoms with Gasteiger partial charge in [-0.05, 0) is 19.3 Å². The van der Waals surface area contributed by atoms with Crippen LogP contribution in [0, 0.1) is 0 Å². The molecule has 6 heteroatoms. The number of hydrogen-bond acceptors (Lipinski definition) is 5. The van der Waals surface area contributed by atoms with Crippen LogP contribution in [0.25, 0.3) is 0 Å². The van der Waals surface area contributed by atoms with E-state index in [-0.39, 0.29) is 19.2 Å². The number of carbonyl (C=O) groups is 2. The average Bonchev–Trinajstić information content (AvgIpc) is 3.13. The van der Waals surface area contributed by atoms with Crippen molar-refractivity contribution in [2.24, 2.45) is 0 Å². The van der Waals surface area contributed by atoms with E-state index in [1.54, 1.807) is 6.08 Å². The number of aliphatic hydroxyl groups is 2. The molecule has 51 heavy (non-hydrogen) atoms. The Labute approximate surface area is 316 Å². The lowest BCUT2D eigenvalue weighted by molar-refractivity contribution is -0.147. The molecule has 6 nitrogen and oxygen atoms in total. The second-order valence-electron chi connectivity index (χ2n) is 14.8.